The van der Waals surface area contributed by atoms with E-state index in [9.17, 15) is 9.59 Å². The summed E-state index contributed by atoms with van der Waals surface area (Å²) in [6, 6.07) is -0.0886. The van der Waals surface area contributed by atoms with Gasteiger partial charge in [0, 0.05) is 13.1 Å². The molecule has 0 fully saturated rings. The molecule has 0 aromatic carbocycles. The molecule has 0 aliphatic rings. The normalized spacial score (nSPS) is 12.5. The fourth-order valence-corrected chi connectivity index (χ4v) is 2.16. The monoisotopic (exact) mass is 314 g/mol. The third kappa shape index (κ3) is 10.6. The average molecular weight is 314 g/mol. The molecule has 0 rings (SSSR count). The number of unbranched alkanes of at least 4 members (excludes halogenated alkanes) is 2. The van der Waals surface area contributed by atoms with Gasteiger partial charge in [0.25, 0.3) is 0 Å². The second-order valence-electron chi connectivity index (χ2n) is 6.21. The fraction of sp³-hybridized carbons (Fsp3) is 0.875. The summed E-state index contributed by atoms with van der Waals surface area (Å²) in [5.41, 5.74) is 0. The number of amides is 2. The number of hydrogen-bond donors (Lipinski definition) is 2. The SMILES string of the molecule is CCCCNC(=O)C(CCCCNC(=O)CN(C)C)N(C)C. The first kappa shape index (κ1) is 20.9. The molecule has 2 amide bonds. The summed E-state index contributed by atoms with van der Waals surface area (Å²) < 4.78 is 0. The smallest absolute Gasteiger partial charge is 0.237 e. The number of likely N-dealkylation sites (N-methyl/N-ethyl adjacent to an activating group) is 2. The highest BCUT2D eigenvalue weighted by Crippen LogP contribution is 2.06. The van der Waals surface area contributed by atoms with Crippen LogP contribution < -0.4 is 10.6 Å². The van der Waals surface area contributed by atoms with Gasteiger partial charge >= 0.3 is 0 Å². The molecule has 0 aliphatic heterocycles. The Morgan fingerprint density at radius 3 is 2.14 bits per heavy atom. The predicted molar refractivity (Wildman–Crippen MR) is 90.8 cm³/mol. The molecule has 2 N–H and O–H groups in total. The van der Waals surface area contributed by atoms with Crippen molar-refractivity contribution in [3.05, 3.63) is 0 Å². The molecule has 0 spiro atoms. The number of rotatable bonds is 12. The molecular formula is C16H34N4O2. The van der Waals surface area contributed by atoms with Gasteiger partial charge in [-0.1, -0.05) is 13.3 Å². The maximum absolute atomic E-state index is 12.1. The molecule has 130 valence electrons. The summed E-state index contributed by atoms with van der Waals surface area (Å²) in [6.07, 6.45) is 4.73. The van der Waals surface area contributed by atoms with Gasteiger partial charge in [-0.3, -0.25) is 14.5 Å². The lowest BCUT2D eigenvalue weighted by molar-refractivity contribution is -0.126. The molecule has 0 aliphatic carbocycles. The third-order valence-corrected chi connectivity index (χ3v) is 3.44. The van der Waals surface area contributed by atoms with Crippen molar-refractivity contribution in [2.45, 2.75) is 45.1 Å². The van der Waals surface area contributed by atoms with Crippen LogP contribution in [-0.2, 0) is 9.59 Å². The van der Waals surface area contributed by atoms with E-state index < -0.39 is 0 Å². The number of nitrogens with zero attached hydrogens (tertiary/aromatic N) is 2. The molecule has 1 unspecified atom stereocenters. The van der Waals surface area contributed by atoms with Crippen LogP contribution in [0.3, 0.4) is 0 Å². The van der Waals surface area contributed by atoms with Crippen LogP contribution in [-0.4, -0.2) is 75.5 Å². The molecular weight excluding hydrogens is 280 g/mol. The van der Waals surface area contributed by atoms with Gasteiger partial charge in [-0.25, -0.2) is 0 Å². The Morgan fingerprint density at radius 2 is 1.59 bits per heavy atom. The third-order valence-electron chi connectivity index (χ3n) is 3.44. The van der Waals surface area contributed by atoms with Gasteiger partial charge in [-0.05, 0) is 53.9 Å². The van der Waals surface area contributed by atoms with Gasteiger partial charge in [0.1, 0.15) is 0 Å². The van der Waals surface area contributed by atoms with Crippen LogP contribution in [0.15, 0.2) is 0 Å². The first-order chi connectivity index (χ1) is 10.4. The highest BCUT2D eigenvalue weighted by Gasteiger charge is 2.19. The largest absolute Gasteiger partial charge is 0.355 e. The first-order valence-corrected chi connectivity index (χ1v) is 8.24. The van der Waals surface area contributed by atoms with Crippen molar-refractivity contribution in [1.29, 1.82) is 0 Å². The van der Waals surface area contributed by atoms with Gasteiger partial charge in [-0.2, -0.15) is 0 Å². The lowest BCUT2D eigenvalue weighted by atomic mass is 10.1. The van der Waals surface area contributed by atoms with E-state index in [0.29, 0.717) is 13.1 Å². The van der Waals surface area contributed by atoms with E-state index in [-0.39, 0.29) is 17.9 Å². The van der Waals surface area contributed by atoms with E-state index >= 15 is 0 Å². The van der Waals surface area contributed by atoms with E-state index in [0.717, 1.165) is 38.6 Å². The topological polar surface area (TPSA) is 64.7 Å². The minimum absolute atomic E-state index is 0.0477. The van der Waals surface area contributed by atoms with Crippen molar-refractivity contribution in [1.82, 2.24) is 20.4 Å². The first-order valence-electron chi connectivity index (χ1n) is 8.24. The standard InChI is InChI=1S/C16H34N4O2/c1-6-7-11-18-16(22)14(20(4)5)10-8-9-12-17-15(21)13-19(2)3/h14H,6-13H2,1-5H3,(H,17,21)(H,18,22). The Labute approximate surface area is 135 Å². The Hall–Kier alpha value is -1.14. The van der Waals surface area contributed by atoms with Gasteiger partial charge < -0.3 is 15.5 Å². The Bertz CT molecular complexity index is 319. The molecule has 0 aromatic heterocycles. The van der Waals surface area contributed by atoms with Crippen LogP contribution >= 0.6 is 0 Å². The minimum atomic E-state index is -0.0886. The Morgan fingerprint density at radius 1 is 0.955 bits per heavy atom. The molecule has 0 aromatic rings. The van der Waals surface area contributed by atoms with Crippen molar-refractivity contribution in [3.8, 4) is 0 Å². The highest BCUT2D eigenvalue weighted by atomic mass is 16.2. The number of carbonyl (C=O) groups is 2. The van der Waals surface area contributed by atoms with Crippen LogP contribution in [0.1, 0.15) is 39.0 Å². The summed E-state index contributed by atoms with van der Waals surface area (Å²) in [6.45, 7) is 3.95. The summed E-state index contributed by atoms with van der Waals surface area (Å²) in [5.74, 6) is 0.154. The molecule has 0 bridgehead atoms. The second-order valence-corrected chi connectivity index (χ2v) is 6.21. The van der Waals surface area contributed by atoms with Crippen LogP contribution in [0.2, 0.25) is 0 Å². The van der Waals surface area contributed by atoms with Crippen molar-refractivity contribution in [3.63, 3.8) is 0 Å². The van der Waals surface area contributed by atoms with E-state index in [1.807, 2.05) is 38.0 Å². The van der Waals surface area contributed by atoms with Gasteiger partial charge in [0.2, 0.25) is 11.8 Å². The zero-order valence-electron chi connectivity index (χ0n) is 14.9. The highest BCUT2D eigenvalue weighted by molar-refractivity contribution is 5.81. The van der Waals surface area contributed by atoms with E-state index in [1.165, 1.54) is 0 Å². The van der Waals surface area contributed by atoms with Crippen molar-refractivity contribution < 1.29 is 9.59 Å². The van der Waals surface area contributed by atoms with Crippen molar-refractivity contribution in [2.24, 2.45) is 0 Å². The van der Waals surface area contributed by atoms with Crippen molar-refractivity contribution in [2.75, 3.05) is 47.8 Å². The van der Waals surface area contributed by atoms with Crippen LogP contribution in [0, 0.1) is 0 Å². The Kier molecular flexibility index (Phi) is 11.8. The predicted octanol–water partition coefficient (Wildman–Crippen LogP) is 0.681. The zero-order valence-corrected chi connectivity index (χ0v) is 14.9. The van der Waals surface area contributed by atoms with Gasteiger partial charge in [0.15, 0.2) is 0 Å². The summed E-state index contributed by atoms with van der Waals surface area (Å²) in [5, 5.41) is 5.88. The summed E-state index contributed by atoms with van der Waals surface area (Å²) in [7, 11) is 7.61. The molecule has 0 saturated carbocycles. The number of hydrogen-bond acceptors (Lipinski definition) is 4. The molecule has 0 radical (unpaired) electrons. The van der Waals surface area contributed by atoms with Gasteiger partial charge in [0.05, 0.1) is 12.6 Å². The zero-order chi connectivity index (χ0) is 17.0. The lowest BCUT2D eigenvalue weighted by Gasteiger charge is -2.23. The maximum Gasteiger partial charge on any atom is 0.237 e. The number of nitrogens with one attached hydrogen (secondary N) is 2. The van der Waals surface area contributed by atoms with E-state index in [4.69, 9.17) is 0 Å². The molecule has 6 nitrogen and oxygen atoms in total. The maximum atomic E-state index is 12.1. The van der Waals surface area contributed by atoms with Crippen LogP contribution in [0.4, 0.5) is 0 Å². The molecule has 1 atom stereocenters. The molecule has 0 saturated heterocycles. The summed E-state index contributed by atoms with van der Waals surface area (Å²) in [4.78, 5) is 27.4. The van der Waals surface area contributed by atoms with Gasteiger partial charge in [-0.15, -0.1) is 0 Å². The lowest BCUT2D eigenvalue weighted by Crippen LogP contribution is -2.43. The molecule has 0 heterocycles. The minimum Gasteiger partial charge on any atom is -0.355 e. The van der Waals surface area contributed by atoms with Crippen molar-refractivity contribution >= 4 is 11.8 Å². The summed E-state index contributed by atoms with van der Waals surface area (Å²) >= 11 is 0. The average Bonchev–Trinajstić information content (AvgIpc) is 2.41. The second kappa shape index (κ2) is 12.4. The van der Waals surface area contributed by atoms with Crippen LogP contribution in [0.5, 0.6) is 0 Å². The fourth-order valence-electron chi connectivity index (χ4n) is 2.16. The van der Waals surface area contributed by atoms with E-state index in [2.05, 4.69) is 17.6 Å². The van der Waals surface area contributed by atoms with E-state index in [1.54, 1.807) is 0 Å². The Balaban J connectivity index is 3.91. The molecule has 22 heavy (non-hydrogen) atoms. The molecule has 6 heteroatoms. The number of carbonyl (C=O) groups excluding carboxylic acids is 2. The quantitative estimate of drug-likeness (QED) is 0.520. The van der Waals surface area contributed by atoms with Crippen LogP contribution in [0.25, 0.3) is 0 Å².